The van der Waals surface area contributed by atoms with Gasteiger partial charge in [0, 0.05) is 5.02 Å². The maximum atomic E-state index is 12.5. The summed E-state index contributed by atoms with van der Waals surface area (Å²) in [6.07, 6.45) is 1.50. The second kappa shape index (κ2) is 7.09. The van der Waals surface area contributed by atoms with Crippen molar-refractivity contribution in [2.45, 2.75) is 49.6 Å². The molecule has 1 saturated carbocycles. The molecule has 1 atom stereocenters. The summed E-state index contributed by atoms with van der Waals surface area (Å²) in [7, 11) is -3.89. The van der Waals surface area contributed by atoms with E-state index in [0.717, 1.165) is 0 Å². The van der Waals surface area contributed by atoms with Crippen molar-refractivity contribution in [2.24, 2.45) is 5.92 Å². The SMILES string of the molecule is CC(C)C[C@H](NS(=O)(=O)c1cccc(Cl)c1)C(=O)NC1(C#N)CC1. The first-order valence-corrected chi connectivity index (χ1v) is 9.55. The van der Waals surface area contributed by atoms with Gasteiger partial charge in [-0.2, -0.15) is 9.98 Å². The molecule has 1 amide bonds. The number of amides is 1. The summed E-state index contributed by atoms with van der Waals surface area (Å²) < 4.78 is 27.5. The molecule has 0 bridgehead atoms. The minimum Gasteiger partial charge on any atom is -0.336 e. The molecular weight excluding hydrogens is 350 g/mol. The first-order valence-electron chi connectivity index (χ1n) is 7.69. The van der Waals surface area contributed by atoms with Crippen LogP contribution in [0.15, 0.2) is 29.2 Å². The monoisotopic (exact) mass is 369 g/mol. The van der Waals surface area contributed by atoms with Gasteiger partial charge in [-0.15, -0.1) is 0 Å². The number of rotatable bonds is 7. The summed E-state index contributed by atoms with van der Waals surface area (Å²) in [6.45, 7) is 3.79. The van der Waals surface area contributed by atoms with Crippen LogP contribution in [0.1, 0.15) is 33.1 Å². The van der Waals surface area contributed by atoms with E-state index in [1.54, 1.807) is 6.07 Å². The number of nitrogens with one attached hydrogen (secondary N) is 2. The zero-order valence-corrected chi connectivity index (χ0v) is 15.1. The third-order valence-corrected chi connectivity index (χ3v) is 5.46. The van der Waals surface area contributed by atoms with Gasteiger partial charge in [0.2, 0.25) is 15.9 Å². The summed E-state index contributed by atoms with van der Waals surface area (Å²) in [6, 6.07) is 6.96. The Morgan fingerprint density at radius 3 is 2.58 bits per heavy atom. The van der Waals surface area contributed by atoms with Crippen LogP contribution in [0.5, 0.6) is 0 Å². The number of hydrogen-bond acceptors (Lipinski definition) is 4. The zero-order chi connectivity index (χ0) is 18.0. The quantitative estimate of drug-likeness (QED) is 0.769. The van der Waals surface area contributed by atoms with Crippen molar-refractivity contribution in [1.82, 2.24) is 10.0 Å². The number of carbonyl (C=O) groups excluding carboxylic acids is 1. The molecule has 0 spiro atoms. The van der Waals surface area contributed by atoms with E-state index in [2.05, 4.69) is 16.1 Å². The van der Waals surface area contributed by atoms with Crippen molar-refractivity contribution in [3.05, 3.63) is 29.3 Å². The highest BCUT2D eigenvalue weighted by atomic mass is 35.5. The van der Waals surface area contributed by atoms with Gasteiger partial charge < -0.3 is 5.32 Å². The molecule has 0 aliphatic heterocycles. The molecule has 1 fully saturated rings. The number of carbonyl (C=O) groups is 1. The van der Waals surface area contributed by atoms with Crippen LogP contribution in [0.4, 0.5) is 0 Å². The Balaban J connectivity index is 2.19. The maximum absolute atomic E-state index is 12.5. The first-order chi connectivity index (χ1) is 11.2. The summed E-state index contributed by atoms with van der Waals surface area (Å²) in [5, 5.41) is 12.0. The van der Waals surface area contributed by atoms with Gasteiger partial charge in [0.15, 0.2) is 0 Å². The lowest BCUT2D eigenvalue weighted by molar-refractivity contribution is -0.123. The Morgan fingerprint density at radius 2 is 2.08 bits per heavy atom. The van der Waals surface area contributed by atoms with Crippen LogP contribution in [0.25, 0.3) is 0 Å². The van der Waals surface area contributed by atoms with Crippen molar-refractivity contribution in [3.8, 4) is 6.07 Å². The topological polar surface area (TPSA) is 99.1 Å². The number of nitrogens with zero attached hydrogens (tertiary/aromatic N) is 1. The van der Waals surface area contributed by atoms with Gasteiger partial charge in [0.1, 0.15) is 11.6 Å². The van der Waals surface area contributed by atoms with Gasteiger partial charge in [0.25, 0.3) is 0 Å². The molecule has 0 heterocycles. The molecule has 1 aliphatic rings. The van der Waals surface area contributed by atoms with E-state index in [9.17, 15) is 13.2 Å². The molecule has 2 rings (SSSR count). The highest BCUT2D eigenvalue weighted by Crippen LogP contribution is 2.34. The Kier molecular flexibility index (Phi) is 5.53. The van der Waals surface area contributed by atoms with Crippen LogP contribution in [-0.4, -0.2) is 25.9 Å². The van der Waals surface area contributed by atoms with Crippen LogP contribution in [-0.2, 0) is 14.8 Å². The summed E-state index contributed by atoms with van der Waals surface area (Å²) in [5.74, 6) is -0.381. The van der Waals surface area contributed by atoms with Gasteiger partial charge in [-0.1, -0.05) is 31.5 Å². The zero-order valence-electron chi connectivity index (χ0n) is 13.5. The van der Waals surface area contributed by atoms with Gasteiger partial charge in [-0.05, 0) is 43.4 Å². The molecular formula is C16H20ClN3O3S. The smallest absolute Gasteiger partial charge is 0.241 e. The summed E-state index contributed by atoms with van der Waals surface area (Å²) >= 11 is 5.84. The highest BCUT2D eigenvalue weighted by molar-refractivity contribution is 7.89. The summed E-state index contributed by atoms with van der Waals surface area (Å²) in [5.41, 5.74) is -0.839. The van der Waals surface area contributed by atoms with Crippen LogP contribution >= 0.6 is 11.6 Å². The molecule has 8 heteroatoms. The molecule has 1 aromatic rings. The van der Waals surface area contributed by atoms with Crippen molar-refractivity contribution in [3.63, 3.8) is 0 Å². The van der Waals surface area contributed by atoms with Crippen molar-refractivity contribution in [1.29, 1.82) is 5.26 Å². The first kappa shape index (κ1) is 18.7. The van der Waals surface area contributed by atoms with Gasteiger partial charge >= 0.3 is 0 Å². The lowest BCUT2D eigenvalue weighted by atomic mass is 10.0. The Morgan fingerprint density at radius 1 is 1.42 bits per heavy atom. The van der Waals surface area contributed by atoms with Crippen LogP contribution in [0, 0.1) is 17.2 Å². The average molecular weight is 370 g/mol. The van der Waals surface area contributed by atoms with Crippen molar-refractivity contribution in [2.75, 3.05) is 0 Å². The second-order valence-electron chi connectivity index (χ2n) is 6.44. The van der Waals surface area contributed by atoms with E-state index in [-0.39, 0.29) is 10.8 Å². The molecule has 2 N–H and O–H groups in total. The fraction of sp³-hybridized carbons (Fsp3) is 0.500. The largest absolute Gasteiger partial charge is 0.336 e. The normalized spacial score (nSPS) is 17.1. The van der Waals surface area contributed by atoms with Crippen molar-refractivity contribution >= 4 is 27.5 Å². The number of sulfonamides is 1. The number of nitriles is 1. The Hall–Kier alpha value is -1.62. The molecule has 1 aliphatic carbocycles. The van der Waals surface area contributed by atoms with E-state index < -0.39 is 27.5 Å². The molecule has 130 valence electrons. The minimum atomic E-state index is -3.89. The molecule has 0 radical (unpaired) electrons. The standard InChI is InChI=1S/C16H20ClN3O3S/c1-11(2)8-14(15(21)19-16(10-18)6-7-16)20-24(22,23)13-5-3-4-12(17)9-13/h3-5,9,11,14,20H,6-8H2,1-2H3,(H,19,21)/t14-/m0/s1. The molecule has 24 heavy (non-hydrogen) atoms. The molecule has 0 saturated heterocycles. The third-order valence-electron chi connectivity index (χ3n) is 3.75. The number of halogens is 1. The lowest BCUT2D eigenvalue weighted by Gasteiger charge is -2.21. The van der Waals surface area contributed by atoms with Crippen molar-refractivity contribution < 1.29 is 13.2 Å². The second-order valence-corrected chi connectivity index (χ2v) is 8.59. The minimum absolute atomic E-state index is 0.00188. The van der Waals surface area contributed by atoms with E-state index in [0.29, 0.717) is 24.3 Å². The molecule has 1 aromatic carbocycles. The van der Waals surface area contributed by atoms with E-state index in [4.69, 9.17) is 16.9 Å². The molecule has 6 nitrogen and oxygen atoms in total. The molecule has 0 unspecified atom stereocenters. The lowest BCUT2D eigenvalue weighted by Crippen LogP contribution is -2.50. The van der Waals surface area contributed by atoms with Crippen LogP contribution in [0.3, 0.4) is 0 Å². The average Bonchev–Trinajstić information content (AvgIpc) is 3.26. The maximum Gasteiger partial charge on any atom is 0.241 e. The predicted molar refractivity (Wildman–Crippen MR) is 90.7 cm³/mol. The van der Waals surface area contributed by atoms with Gasteiger partial charge in [-0.25, -0.2) is 8.42 Å². The van der Waals surface area contributed by atoms with E-state index in [1.807, 2.05) is 13.8 Å². The van der Waals surface area contributed by atoms with Gasteiger partial charge in [0.05, 0.1) is 11.0 Å². The fourth-order valence-electron chi connectivity index (χ4n) is 2.28. The number of hydrogen-bond donors (Lipinski definition) is 2. The van der Waals surface area contributed by atoms with Crippen LogP contribution < -0.4 is 10.0 Å². The molecule has 0 aromatic heterocycles. The number of benzene rings is 1. The fourth-order valence-corrected chi connectivity index (χ4v) is 3.79. The van der Waals surface area contributed by atoms with E-state index >= 15 is 0 Å². The Labute approximate surface area is 147 Å². The van der Waals surface area contributed by atoms with Crippen LogP contribution in [0.2, 0.25) is 5.02 Å². The summed E-state index contributed by atoms with van der Waals surface area (Å²) in [4.78, 5) is 12.5. The van der Waals surface area contributed by atoms with Gasteiger partial charge in [-0.3, -0.25) is 4.79 Å². The third kappa shape index (κ3) is 4.69. The van der Waals surface area contributed by atoms with E-state index in [1.165, 1.54) is 18.2 Å². The predicted octanol–water partition coefficient (Wildman–Crippen LogP) is 2.21. The Bertz CT molecular complexity index is 767. The highest BCUT2D eigenvalue weighted by Gasteiger charge is 2.46.